The third kappa shape index (κ3) is 1.85. The van der Waals surface area contributed by atoms with Crippen LogP contribution < -0.4 is 0 Å². The molecule has 13 heavy (non-hydrogen) atoms. The fourth-order valence-electron chi connectivity index (χ4n) is 0.954. The number of benzene rings is 1. The van der Waals surface area contributed by atoms with E-state index >= 15 is 0 Å². The lowest BCUT2D eigenvalue weighted by Gasteiger charge is -1.99. The van der Waals surface area contributed by atoms with Crippen LogP contribution in [0.25, 0.3) is 0 Å². The number of rotatable bonds is 1. The van der Waals surface area contributed by atoms with Gasteiger partial charge < -0.3 is 5.11 Å². The summed E-state index contributed by atoms with van der Waals surface area (Å²) in [7, 11) is 0. The van der Waals surface area contributed by atoms with Crippen LogP contribution in [0.1, 0.15) is 22.8 Å². The van der Waals surface area contributed by atoms with Crippen LogP contribution in [-0.2, 0) is 0 Å². The second-order valence-corrected chi connectivity index (χ2v) is 2.34. The monoisotopic (exact) mass is 178 g/mol. The second kappa shape index (κ2) is 3.72. The summed E-state index contributed by atoms with van der Waals surface area (Å²) in [6, 6.07) is 3.86. The Labute approximate surface area is 75.0 Å². The molecular formula is C10H7FO2. The highest BCUT2D eigenvalue weighted by atomic mass is 19.1. The molecule has 0 unspecified atom stereocenters. The summed E-state index contributed by atoms with van der Waals surface area (Å²) in [6.45, 7) is 1.53. The minimum Gasteiger partial charge on any atom is -0.478 e. The molecule has 1 aromatic rings. The Hall–Kier alpha value is -1.82. The number of halogens is 1. The zero-order chi connectivity index (χ0) is 9.84. The Morgan fingerprint density at radius 2 is 2.23 bits per heavy atom. The first-order valence-corrected chi connectivity index (χ1v) is 3.61. The fraction of sp³-hybridized carbons (Fsp3) is 0.100. The topological polar surface area (TPSA) is 37.3 Å². The number of aromatic carboxylic acids is 1. The first-order valence-electron chi connectivity index (χ1n) is 3.61. The molecule has 1 rings (SSSR count). The van der Waals surface area contributed by atoms with Crippen LogP contribution in [0, 0.1) is 17.7 Å². The van der Waals surface area contributed by atoms with Crippen LogP contribution >= 0.6 is 0 Å². The fourth-order valence-corrected chi connectivity index (χ4v) is 0.954. The molecular weight excluding hydrogens is 171 g/mol. The van der Waals surface area contributed by atoms with Gasteiger partial charge in [0.1, 0.15) is 5.82 Å². The van der Waals surface area contributed by atoms with Crippen LogP contribution in [0.5, 0.6) is 0 Å². The summed E-state index contributed by atoms with van der Waals surface area (Å²) in [4.78, 5) is 10.6. The maximum absolute atomic E-state index is 13.0. The van der Waals surface area contributed by atoms with Crippen molar-refractivity contribution in [3.63, 3.8) is 0 Å². The van der Waals surface area contributed by atoms with Gasteiger partial charge in [-0.25, -0.2) is 9.18 Å². The zero-order valence-electron chi connectivity index (χ0n) is 6.97. The highest BCUT2D eigenvalue weighted by Gasteiger charge is 2.11. The molecule has 0 radical (unpaired) electrons. The average molecular weight is 178 g/mol. The normalized spacial score (nSPS) is 8.77. The van der Waals surface area contributed by atoms with E-state index in [4.69, 9.17) is 5.11 Å². The molecule has 1 N–H and O–H groups in total. The van der Waals surface area contributed by atoms with E-state index in [0.29, 0.717) is 0 Å². The van der Waals surface area contributed by atoms with Crippen LogP contribution in [0.3, 0.4) is 0 Å². The largest absolute Gasteiger partial charge is 0.478 e. The van der Waals surface area contributed by atoms with Gasteiger partial charge in [-0.05, 0) is 19.1 Å². The van der Waals surface area contributed by atoms with Crippen molar-refractivity contribution in [1.82, 2.24) is 0 Å². The molecule has 0 aliphatic carbocycles. The second-order valence-electron chi connectivity index (χ2n) is 2.34. The minimum atomic E-state index is -1.17. The van der Waals surface area contributed by atoms with Crippen LogP contribution in [0.2, 0.25) is 0 Å². The third-order valence-corrected chi connectivity index (χ3v) is 1.49. The minimum absolute atomic E-state index is 0.0579. The maximum atomic E-state index is 13.0. The molecule has 0 atom stereocenters. The summed E-state index contributed by atoms with van der Waals surface area (Å²) >= 11 is 0. The Bertz CT molecular complexity index is 399. The van der Waals surface area contributed by atoms with Gasteiger partial charge in [0.05, 0.1) is 11.1 Å². The quantitative estimate of drug-likeness (QED) is 0.667. The molecule has 0 amide bonds. The van der Waals surface area contributed by atoms with E-state index in [1.807, 2.05) is 0 Å². The lowest BCUT2D eigenvalue weighted by molar-refractivity contribution is 0.0696. The van der Waals surface area contributed by atoms with E-state index in [9.17, 15) is 9.18 Å². The van der Waals surface area contributed by atoms with E-state index in [2.05, 4.69) is 11.8 Å². The van der Waals surface area contributed by atoms with Gasteiger partial charge >= 0.3 is 5.97 Å². The van der Waals surface area contributed by atoms with Gasteiger partial charge in [0.2, 0.25) is 0 Å². The van der Waals surface area contributed by atoms with Crippen molar-refractivity contribution < 1.29 is 14.3 Å². The summed E-state index contributed by atoms with van der Waals surface area (Å²) < 4.78 is 13.0. The molecule has 0 saturated carbocycles. The van der Waals surface area contributed by atoms with Crippen LogP contribution in [0.4, 0.5) is 4.39 Å². The van der Waals surface area contributed by atoms with Crippen molar-refractivity contribution in [3.05, 3.63) is 35.1 Å². The number of carbonyl (C=O) groups is 1. The molecule has 0 bridgehead atoms. The standard InChI is InChI=1S/C10H7FO2/c1-2-4-7-8(10(12)13)5-3-6-9(7)11/h3,5-6H,1H3,(H,12,13). The Kier molecular flexibility index (Phi) is 2.65. The highest BCUT2D eigenvalue weighted by molar-refractivity contribution is 5.90. The van der Waals surface area contributed by atoms with Crippen molar-refractivity contribution in [2.75, 3.05) is 0 Å². The predicted molar refractivity (Wildman–Crippen MR) is 45.9 cm³/mol. The molecule has 0 aliphatic heterocycles. The van der Waals surface area contributed by atoms with E-state index in [0.717, 1.165) is 0 Å². The zero-order valence-corrected chi connectivity index (χ0v) is 6.97. The van der Waals surface area contributed by atoms with Gasteiger partial charge in [0.15, 0.2) is 0 Å². The molecule has 0 saturated heterocycles. The molecule has 0 aromatic heterocycles. The Balaban J connectivity index is 3.39. The Morgan fingerprint density at radius 1 is 1.54 bits per heavy atom. The smallest absolute Gasteiger partial charge is 0.337 e. The molecule has 1 aromatic carbocycles. The van der Waals surface area contributed by atoms with Gasteiger partial charge in [-0.3, -0.25) is 0 Å². The van der Waals surface area contributed by atoms with Gasteiger partial charge in [-0.15, -0.1) is 5.92 Å². The SMILES string of the molecule is CC#Cc1c(F)cccc1C(=O)O. The van der Waals surface area contributed by atoms with Crippen molar-refractivity contribution in [2.24, 2.45) is 0 Å². The summed E-state index contributed by atoms with van der Waals surface area (Å²) in [6.07, 6.45) is 0. The predicted octanol–water partition coefficient (Wildman–Crippen LogP) is 1.90. The Morgan fingerprint density at radius 3 is 2.77 bits per heavy atom. The van der Waals surface area contributed by atoms with E-state index in [-0.39, 0.29) is 11.1 Å². The molecule has 3 heteroatoms. The molecule has 2 nitrogen and oxygen atoms in total. The van der Waals surface area contributed by atoms with Gasteiger partial charge in [-0.2, -0.15) is 0 Å². The van der Waals surface area contributed by atoms with Gasteiger partial charge in [-0.1, -0.05) is 12.0 Å². The lowest BCUT2D eigenvalue weighted by atomic mass is 10.1. The molecule has 0 heterocycles. The van der Waals surface area contributed by atoms with Crippen LogP contribution in [-0.4, -0.2) is 11.1 Å². The molecule has 66 valence electrons. The first-order chi connectivity index (χ1) is 6.16. The summed E-state index contributed by atoms with van der Waals surface area (Å²) in [5.41, 5.74) is -0.160. The summed E-state index contributed by atoms with van der Waals surface area (Å²) in [5, 5.41) is 8.68. The maximum Gasteiger partial charge on any atom is 0.337 e. The summed E-state index contributed by atoms with van der Waals surface area (Å²) in [5.74, 6) is 3.11. The van der Waals surface area contributed by atoms with Crippen molar-refractivity contribution >= 4 is 5.97 Å². The average Bonchev–Trinajstić information content (AvgIpc) is 2.08. The number of carboxylic acids is 1. The van der Waals surface area contributed by atoms with Crippen molar-refractivity contribution in [2.45, 2.75) is 6.92 Å². The van der Waals surface area contributed by atoms with Gasteiger partial charge in [0, 0.05) is 0 Å². The van der Waals surface area contributed by atoms with Crippen LogP contribution in [0.15, 0.2) is 18.2 Å². The molecule has 0 aliphatic rings. The number of carboxylic acid groups (broad SMARTS) is 1. The number of hydrogen-bond acceptors (Lipinski definition) is 1. The van der Waals surface area contributed by atoms with Crippen molar-refractivity contribution in [3.8, 4) is 11.8 Å². The van der Waals surface area contributed by atoms with E-state index in [1.54, 1.807) is 0 Å². The molecule has 0 spiro atoms. The highest BCUT2D eigenvalue weighted by Crippen LogP contribution is 2.11. The first kappa shape index (κ1) is 9.27. The van der Waals surface area contributed by atoms with Crippen molar-refractivity contribution in [1.29, 1.82) is 0 Å². The van der Waals surface area contributed by atoms with Gasteiger partial charge in [0.25, 0.3) is 0 Å². The van der Waals surface area contributed by atoms with E-state index < -0.39 is 11.8 Å². The van der Waals surface area contributed by atoms with E-state index in [1.165, 1.54) is 25.1 Å². The third-order valence-electron chi connectivity index (χ3n) is 1.49. The number of hydrogen-bond donors (Lipinski definition) is 1. The molecule has 0 fully saturated rings. The lowest BCUT2D eigenvalue weighted by Crippen LogP contribution is -2.01.